The SMILES string of the molecule is Cc1cc[c]([InH2])cc1.F[P-](F)(F)(F)(F)F. The number of rotatable bonds is 0. The van der Waals surface area contributed by atoms with E-state index in [2.05, 4.69) is 31.2 Å². The number of aryl methyl sites for hydroxylation is 1. The second-order valence-electron chi connectivity index (χ2n) is 3.11. The summed E-state index contributed by atoms with van der Waals surface area (Å²) in [6, 6.07) is 8.77. The summed E-state index contributed by atoms with van der Waals surface area (Å²) >= 11 is 0.698. The van der Waals surface area contributed by atoms with Crippen LogP contribution in [0.3, 0.4) is 0 Å². The van der Waals surface area contributed by atoms with Gasteiger partial charge in [-0.15, -0.1) is 0 Å². The third-order valence-electron chi connectivity index (χ3n) is 1.22. The van der Waals surface area contributed by atoms with Crippen molar-refractivity contribution in [3.05, 3.63) is 29.8 Å². The van der Waals surface area contributed by atoms with Crippen LogP contribution in [0.25, 0.3) is 0 Å². The summed E-state index contributed by atoms with van der Waals surface area (Å²) in [5.74, 6) is 0. The van der Waals surface area contributed by atoms with Crippen molar-refractivity contribution in [3.63, 3.8) is 0 Å². The molecule has 0 spiro atoms. The summed E-state index contributed by atoms with van der Waals surface area (Å²) in [7, 11) is -10.7. The second kappa shape index (κ2) is 3.84. The summed E-state index contributed by atoms with van der Waals surface area (Å²) in [5.41, 5.74) is 1.36. The molecule has 0 fully saturated rings. The van der Waals surface area contributed by atoms with Crippen LogP contribution in [0.5, 0.6) is 0 Å². The Hall–Kier alpha value is 0.100. The fourth-order valence-corrected chi connectivity index (χ4v) is 1.59. The molecule has 0 amide bonds. The van der Waals surface area contributed by atoms with E-state index in [4.69, 9.17) is 0 Å². The molecule has 0 aliphatic heterocycles. The topological polar surface area (TPSA) is 0 Å². The molecular weight excluding hydrogens is 344 g/mol. The average Bonchev–Trinajstić information content (AvgIpc) is 1.88. The fourth-order valence-electron chi connectivity index (χ4n) is 0.637. The van der Waals surface area contributed by atoms with Crippen LogP contribution in [-0.4, -0.2) is 24.4 Å². The summed E-state index contributed by atoms with van der Waals surface area (Å²) in [5, 5.41) is 0. The van der Waals surface area contributed by atoms with Gasteiger partial charge in [-0.05, 0) is 0 Å². The number of benzene rings is 1. The van der Waals surface area contributed by atoms with Gasteiger partial charge in [0.25, 0.3) is 0 Å². The first-order valence-corrected chi connectivity index (χ1v) is 8.72. The van der Waals surface area contributed by atoms with E-state index in [0.29, 0.717) is 24.4 Å². The minimum absolute atomic E-state index is 0.698. The predicted molar refractivity (Wildman–Crippen MR) is 52.9 cm³/mol. The molecule has 0 saturated carbocycles. The Morgan fingerprint density at radius 1 is 0.867 bits per heavy atom. The zero-order valence-corrected chi connectivity index (χ0v) is 14.6. The Morgan fingerprint density at radius 2 is 1.13 bits per heavy atom. The molecule has 0 bridgehead atoms. The average molecular weight is 353 g/mol. The third kappa shape index (κ3) is 20.2. The zero-order chi connectivity index (χ0) is 12.4. The van der Waals surface area contributed by atoms with Gasteiger partial charge in [-0.2, -0.15) is 0 Å². The van der Waals surface area contributed by atoms with Gasteiger partial charge in [0.15, 0.2) is 0 Å². The van der Waals surface area contributed by atoms with Crippen molar-refractivity contribution in [2.24, 2.45) is 0 Å². The third-order valence-corrected chi connectivity index (χ3v) is 3.12. The maximum absolute atomic E-state index is 10.7. The number of hydrogen-bond donors (Lipinski definition) is 0. The van der Waals surface area contributed by atoms with Crippen molar-refractivity contribution in [2.75, 3.05) is 0 Å². The molecule has 0 atom stereocenters. The van der Waals surface area contributed by atoms with E-state index in [1.807, 2.05) is 0 Å². The standard InChI is InChI=1S/C7H7.F6P.In.2H/c1-7-5-3-2-4-6-7;1-7(2,3,4,5)6;;;/h3-6H,1H3;;;;/q;-1;;;. The zero-order valence-electron chi connectivity index (χ0n) is 8.02. The van der Waals surface area contributed by atoms with Crippen molar-refractivity contribution >= 4 is 35.5 Å². The molecule has 1 rings (SSSR count). The Balaban J connectivity index is 0.000000265. The minimum atomic E-state index is -10.7. The molecule has 1 aromatic carbocycles. The molecule has 0 aliphatic rings. The van der Waals surface area contributed by atoms with E-state index >= 15 is 0 Å². The van der Waals surface area contributed by atoms with Gasteiger partial charge in [0.05, 0.1) is 0 Å². The maximum atomic E-state index is 9.87. The van der Waals surface area contributed by atoms with E-state index in [9.17, 15) is 25.2 Å². The molecule has 8 heteroatoms. The molecular formula is C7H9F6InP-. The van der Waals surface area contributed by atoms with Crippen LogP contribution in [-0.2, 0) is 0 Å². The van der Waals surface area contributed by atoms with Gasteiger partial charge in [-0.1, -0.05) is 0 Å². The molecule has 15 heavy (non-hydrogen) atoms. The number of halogens is 6. The van der Waals surface area contributed by atoms with Crippen LogP contribution >= 0.6 is 7.81 Å². The first-order valence-electron chi connectivity index (χ1n) is 3.84. The van der Waals surface area contributed by atoms with Gasteiger partial charge in [0.1, 0.15) is 0 Å². The summed E-state index contributed by atoms with van der Waals surface area (Å²) in [6.07, 6.45) is 0. The Kier molecular flexibility index (Phi) is 3.87. The van der Waals surface area contributed by atoms with E-state index in [1.54, 1.807) is 0 Å². The molecule has 88 valence electrons. The molecule has 0 radical (unpaired) electrons. The van der Waals surface area contributed by atoms with Crippen LogP contribution in [0.2, 0.25) is 0 Å². The molecule has 0 N–H and O–H groups in total. The van der Waals surface area contributed by atoms with E-state index in [-0.39, 0.29) is 0 Å². The number of hydrogen-bond acceptors (Lipinski definition) is 0. The fraction of sp³-hybridized carbons (Fsp3) is 0.143. The van der Waals surface area contributed by atoms with Crippen LogP contribution in [0.4, 0.5) is 25.2 Å². The first kappa shape index (κ1) is 15.1. The van der Waals surface area contributed by atoms with Crippen LogP contribution in [0.15, 0.2) is 24.3 Å². The van der Waals surface area contributed by atoms with Crippen LogP contribution in [0.1, 0.15) is 5.56 Å². The molecule has 0 aliphatic carbocycles. The van der Waals surface area contributed by atoms with Gasteiger partial charge in [0.2, 0.25) is 0 Å². The van der Waals surface area contributed by atoms with Gasteiger partial charge in [0, 0.05) is 0 Å². The molecule has 0 heterocycles. The van der Waals surface area contributed by atoms with Crippen molar-refractivity contribution in [1.29, 1.82) is 0 Å². The second-order valence-corrected chi connectivity index (χ2v) is 8.33. The van der Waals surface area contributed by atoms with E-state index in [1.165, 1.54) is 8.88 Å². The molecule has 1 aromatic rings. The Bertz CT molecular complexity index is 293. The normalized spacial score (nSPS) is 15.7. The summed E-state index contributed by atoms with van der Waals surface area (Å²) in [6.45, 7) is 2.12. The summed E-state index contributed by atoms with van der Waals surface area (Å²) in [4.78, 5) is 0. The Labute approximate surface area is 97.5 Å². The first-order chi connectivity index (χ1) is 6.24. The van der Waals surface area contributed by atoms with Gasteiger partial charge in [-0.25, -0.2) is 0 Å². The van der Waals surface area contributed by atoms with E-state index in [0.717, 1.165) is 0 Å². The molecule has 0 nitrogen and oxygen atoms in total. The molecule has 0 saturated heterocycles. The van der Waals surface area contributed by atoms with E-state index < -0.39 is 7.81 Å². The van der Waals surface area contributed by atoms with Gasteiger partial charge >= 0.3 is 97.4 Å². The van der Waals surface area contributed by atoms with Gasteiger partial charge in [-0.3, -0.25) is 0 Å². The van der Waals surface area contributed by atoms with Crippen LogP contribution < -0.4 is 3.32 Å². The molecule has 0 aromatic heterocycles. The van der Waals surface area contributed by atoms with Crippen molar-refractivity contribution < 1.29 is 25.2 Å². The molecule has 0 unspecified atom stereocenters. The monoisotopic (exact) mass is 353 g/mol. The van der Waals surface area contributed by atoms with Crippen molar-refractivity contribution in [1.82, 2.24) is 0 Å². The van der Waals surface area contributed by atoms with Crippen molar-refractivity contribution in [3.8, 4) is 0 Å². The predicted octanol–water partition coefficient (Wildman–Crippen LogP) is 3.64. The summed E-state index contributed by atoms with van der Waals surface area (Å²) < 4.78 is 60.7. The van der Waals surface area contributed by atoms with Crippen molar-refractivity contribution in [2.45, 2.75) is 6.92 Å². The van der Waals surface area contributed by atoms with Crippen LogP contribution in [0, 0.1) is 6.92 Å². The Morgan fingerprint density at radius 3 is 1.33 bits per heavy atom. The van der Waals surface area contributed by atoms with Gasteiger partial charge < -0.3 is 0 Å². The quantitative estimate of drug-likeness (QED) is 0.494.